The maximum Gasteiger partial charge on any atom is 0.262 e. The van der Waals surface area contributed by atoms with Gasteiger partial charge in [0.2, 0.25) is 0 Å². The molecule has 0 spiro atoms. The number of halogens is 3. The third-order valence-corrected chi connectivity index (χ3v) is 5.61. The van der Waals surface area contributed by atoms with Crippen molar-refractivity contribution in [1.29, 1.82) is 0 Å². The summed E-state index contributed by atoms with van der Waals surface area (Å²) in [4.78, 5) is 11.8. The molecule has 1 fully saturated rings. The number of hydrogen-bond donors (Lipinski definition) is 1. The molecule has 0 aromatic heterocycles. The van der Waals surface area contributed by atoms with Crippen LogP contribution in [-0.2, 0) is 9.05 Å². The van der Waals surface area contributed by atoms with Gasteiger partial charge in [0.05, 0.1) is 10.6 Å². The molecule has 8 heteroatoms. The van der Waals surface area contributed by atoms with Crippen molar-refractivity contribution in [3.8, 4) is 0 Å². The second-order valence-electron chi connectivity index (χ2n) is 4.71. The summed E-state index contributed by atoms with van der Waals surface area (Å²) >= 11 is 9.13. The fourth-order valence-electron chi connectivity index (χ4n) is 1.94. The van der Waals surface area contributed by atoms with Gasteiger partial charge >= 0.3 is 0 Å². The van der Waals surface area contributed by atoms with Gasteiger partial charge < -0.3 is 5.32 Å². The largest absolute Gasteiger partial charge is 0.352 e. The molecule has 2 rings (SSSR count). The molecule has 20 heavy (non-hydrogen) atoms. The standard InChI is InChI=1S/C12H12BrCl2NO3S/c13-8-4-9(11(14)10(5-8)20(15,18)19)12(17)16-6-7-2-1-3-7/h4-5,7H,1-3,6H2,(H,16,17). The summed E-state index contributed by atoms with van der Waals surface area (Å²) in [6.07, 6.45) is 3.40. The van der Waals surface area contributed by atoms with Gasteiger partial charge in [-0.15, -0.1) is 0 Å². The molecule has 1 amide bonds. The Bertz CT molecular complexity index is 644. The van der Waals surface area contributed by atoms with Crippen molar-refractivity contribution in [2.45, 2.75) is 24.2 Å². The van der Waals surface area contributed by atoms with Crippen molar-refractivity contribution in [3.05, 3.63) is 27.2 Å². The number of nitrogens with one attached hydrogen (secondary N) is 1. The zero-order valence-electron chi connectivity index (χ0n) is 10.3. The first-order valence-electron chi connectivity index (χ1n) is 6.01. The molecule has 1 aromatic rings. The Balaban J connectivity index is 2.26. The number of hydrogen-bond acceptors (Lipinski definition) is 3. The van der Waals surface area contributed by atoms with E-state index in [-0.39, 0.29) is 15.5 Å². The van der Waals surface area contributed by atoms with Crippen LogP contribution in [0, 0.1) is 5.92 Å². The lowest BCUT2D eigenvalue weighted by Gasteiger charge is -2.25. The highest BCUT2D eigenvalue weighted by molar-refractivity contribution is 9.10. The zero-order valence-corrected chi connectivity index (χ0v) is 14.2. The Hall–Kier alpha value is -0.300. The summed E-state index contributed by atoms with van der Waals surface area (Å²) in [6, 6.07) is 2.75. The van der Waals surface area contributed by atoms with Crippen molar-refractivity contribution >= 4 is 53.2 Å². The summed E-state index contributed by atoms with van der Waals surface area (Å²) in [5.74, 6) is 0.103. The van der Waals surface area contributed by atoms with Gasteiger partial charge in [0.15, 0.2) is 0 Å². The van der Waals surface area contributed by atoms with Gasteiger partial charge in [0.25, 0.3) is 15.0 Å². The van der Waals surface area contributed by atoms with Crippen molar-refractivity contribution in [2.75, 3.05) is 6.54 Å². The monoisotopic (exact) mass is 399 g/mol. The molecule has 1 N–H and O–H groups in total. The van der Waals surface area contributed by atoms with E-state index in [9.17, 15) is 13.2 Å². The van der Waals surface area contributed by atoms with Crippen LogP contribution in [0.25, 0.3) is 0 Å². The lowest BCUT2D eigenvalue weighted by Crippen LogP contribution is -2.32. The van der Waals surface area contributed by atoms with E-state index in [0.29, 0.717) is 16.9 Å². The van der Waals surface area contributed by atoms with Crippen LogP contribution < -0.4 is 5.32 Å². The predicted molar refractivity (Wildman–Crippen MR) is 81.9 cm³/mol. The minimum absolute atomic E-state index is 0.0968. The number of carbonyl (C=O) groups is 1. The minimum Gasteiger partial charge on any atom is -0.352 e. The SMILES string of the molecule is O=C(NCC1CCC1)c1cc(Br)cc(S(=O)(=O)Cl)c1Cl. The molecule has 0 heterocycles. The molecule has 0 saturated heterocycles. The van der Waals surface area contributed by atoms with E-state index >= 15 is 0 Å². The summed E-state index contributed by atoms with van der Waals surface area (Å²) < 4.78 is 23.3. The average molecular weight is 401 g/mol. The van der Waals surface area contributed by atoms with E-state index in [4.69, 9.17) is 22.3 Å². The van der Waals surface area contributed by atoms with Crippen LogP contribution in [0.2, 0.25) is 5.02 Å². The first kappa shape index (κ1) is 16.1. The molecular formula is C12H12BrCl2NO3S. The number of carbonyl (C=O) groups excluding carboxylic acids is 1. The molecule has 1 aliphatic rings. The second-order valence-corrected chi connectivity index (χ2v) is 8.54. The topological polar surface area (TPSA) is 63.2 Å². The third kappa shape index (κ3) is 3.67. The fourth-order valence-corrected chi connectivity index (χ4v) is 4.12. The summed E-state index contributed by atoms with van der Waals surface area (Å²) in [7, 11) is 1.30. The van der Waals surface area contributed by atoms with E-state index in [1.807, 2.05) is 0 Å². The molecular weight excluding hydrogens is 389 g/mol. The maximum atomic E-state index is 12.1. The Labute approximate surface area is 135 Å². The Morgan fingerprint density at radius 1 is 1.40 bits per heavy atom. The predicted octanol–water partition coefficient (Wildman–Crippen LogP) is 3.56. The third-order valence-electron chi connectivity index (χ3n) is 3.29. The lowest BCUT2D eigenvalue weighted by atomic mass is 9.85. The van der Waals surface area contributed by atoms with E-state index in [2.05, 4.69) is 21.2 Å². The van der Waals surface area contributed by atoms with E-state index in [1.165, 1.54) is 18.6 Å². The summed E-state index contributed by atoms with van der Waals surface area (Å²) in [5.41, 5.74) is 0.0968. The zero-order chi connectivity index (χ0) is 14.9. The highest BCUT2D eigenvalue weighted by Gasteiger charge is 2.23. The van der Waals surface area contributed by atoms with Crippen LogP contribution in [0.4, 0.5) is 0 Å². The highest BCUT2D eigenvalue weighted by Crippen LogP contribution is 2.32. The number of rotatable bonds is 4. The molecule has 4 nitrogen and oxygen atoms in total. The second kappa shape index (κ2) is 6.22. The van der Waals surface area contributed by atoms with E-state index in [1.54, 1.807) is 0 Å². The van der Waals surface area contributed by atoms with Crippen molar-refractivity contribution < 1.29 is 13.2 Å². The van der Waals surface area contributed by atoms with Crippen LogP contribution in [0.5, 0.6) is 0 Å². The maximum absolute atomic E-state index is 12.1. The van der Waals surface area contributed by atoms with Crippen LogP contribution in [0.15, 0.2) is 21.5 Å². The first-order chi connectivity index (χ1) is 9.29. The molecule has 0 atom stereocenters. The van der Waals surface area contributed by atoms with Gasteiger partial charge in [-0.25, -0.2) is 8.42 Å². The molecule has 1 saturated carbocycles. The van der Waals surface area contributed by atoms with Crippen molar-refractivity contribution in [3.63, 3.8) is 0 Å². The average Bonchev–Trinajstić information content (AvgIpc) is 2.28. The van der Waals surface area contributed by atoms with Gasteiger partial charge in [-0.05, 0) is 30.9 Å². The van der Waals surface area contributed by atoms with Gasteiger partial charge in [-0.2, -0.15) is 0 Å². The molecule has 1 aliphatic carbocycles. The van der Waals surface area contributed by atoms with E-state index in [0.717, 1.165) is 12.8 Å². The van der Waals surface area contributed by atoms with Gasteiger partial charge in [-0.1, -0.05) is 34.0 Å². The minimum atomic E-state index is -4.01. The fraction of sp³-hybridized carbons (Fsp3) is 0.417. The van der Waals surface area contributed by atoms with Crippen LogP contribution in [-0.4, -0.2) is 20.9 Å². The Kier molecular flexibility index (Phi) is 5.00. The Morgan fingerprint density at radius 2 is 2.05 bits per heavy atom. The van der Waals surface area contributed by atoms with Crippen LogP contribution in [0.1, 0.15) is 29.6 Å². The van der Waals surface area contributed by atoms with Crippen molar-refractivity contribution in [1.82, 2.24) is 5.32 Å². The van der Waals surface area contributed by atoms with Gasteiger partial charge in [-0.3, -0.25) is 4.79 Å². The molecule has 1 aromatic carbocycles. The first-order valence-corrected chi connectivity index (χ1v) is 9.49. The van der Waals surface area contributed by atoms with Crippen LogP contribution in [0.3, 0.4) is 0 Å². The van der Waals surface area contributed by atoms with E-state index < -0.39 is 15.0 Å². The highest BCUT2D eigenvalue weighted by atomic mass is 79.9. The molecule has 0 aliphatic heterocycles. The normalized spacial score (nSPS) is 15.8. The number of amides is 1. The van der Waals surface area contributed by atoms with Gasteiger partial charge in [0, 0.05) is 21.7 Å². The summed E-state index contributed by atoms with van der Waals surface area (Å²) in [5, 5.41) is 2.61. The molecule has 0 radical (unpaired) electrons. The van der Waals surface area contributed by atoms with Gasteiger partial charge in [0.1, 0.15) is 4.90 Å². The lowest BCUT2D eigenvalue weighted by molar-refractivity contribution is 0.0939. The quantitative estimate of drug-likeness (QED) is 0.786. The smallest absolute Gasteiger partial charge is 0.262 e. The molecule has 110 valence electrons. The number of benzene rings is 1. The molecule has 0 unspecified atom stereocenters. The van der Waals surface area contributed by atoms with Crippen molar-refractivity contribution in [2.24, 2.45) is 5.92 Å². The Morgan fingerprint density at radius 3 is 2.55 bits per heavy atom. The summed E-state index contributed by atoms with van der Waals surface area (Å²) in [6.45, 7) is 0.574. The van der Waals surface area contributed by atoms with Crippen LogP contribution >= 0.6 is 38.2 Å². The molecule has 0 bridgehead atoms.